The molecule has 8 heteroatoms. The van der Waals surface area contributed by atoms with Gasteiger partial charge in [-0.1, -0.05) is 6.92 Å². The fraction of sp³-hybridized carbons (Fsp3) is 0.278. The van der Waals surface area contributed by atoms with E-state index in [1.165, 1.54) is 24.3 Å². The van der Waals surface area contributed by atoms with Gasteiger partial charge in [0, 0.05) is 0 Å². The standard InChI is InChI=1S/C18H21NO6S/c1-2-11-23-15-5-7-16(8-6-15)24-12-13-25-18(20)14-3-9-17(10-4-14)26(19,21)22/h3-10H,2,11-13H2,1H3,(H2,19,21,22). The Morgan fingerprint density at radius 2 is 1.42 bits per heavy atom. The lowest BCUT2D eigenvalue weighted by Gasteiger charge is -2.09. The van der Waals surface area contributed by atoms with Crippen molar-refractivity contribution in [2.24, 2.45) is 5.14 Å². The molecule has 2 N–H and O–H groups in total. The fourth-order valence-corrected chi connectivity index (χ4v) is 2.53. The van der Waals surface area contributed by atoms with Crippen LogP contribution in [0.15, 0.2) is 53.4 Å². The molecule has 26 heavy (non-hydrogen) atoms. The minimum absolute atomic E-state index is 0.0594. The van der Waals surface area contributed by atoms with Crippen molar-refractivity contribution >= 4 is 16.0 Å². The highest BCUT2D eigenvalue weighted by molar-refractivity contribution is 7.89. The van der Waals surface area contributed by atoms with Gasteiger partial charge in [0.15, 0.2) is 0 Å². The third-order valence-corrected chi connectivity index (χ3v) is 4.23. The summed E-state index contributed by atoms with van der Waals surface area (Å²) in [7, 11) is -3.79. The molecule has 2 aromatic carbocycles. The van der Waals surface area contributed by atoms with Crippen molar-refractivity contribution in [3.05, 3.63) is 54.1 Å². The summed E-state index contributed by atoms with van der Waals surface area (Å²) in [6.07, 6.45) is 0.939. The first-order chi connectivity index (χ1) is 12.4. The number of carbonyl (C=O) groups is 1. The Bertz CT molecular complexity index is 816. The molecule has 0 aromatic heterocycles. The second-order valence-corrected chi connectivity index (χ2v) is 6.94. The Balaban J connectivity index is 1.76. The monoisotopic (exact) mass is 379 g/mol. The molecule has 2 rings (SSSR count). The highest BCUT2D eigenvalue weighted by atomic mass is 32.2. The molecule has 0 unspecified atom stereocenters. The van der Waals surface area contributed by atoms with Crippen LogP contribution in [0.4, 0.5) is 0 Å². The first-order valence-electron chi connectivity index (χ1n) is 8.06. The van der Waals surface area contributed by atoms with Gasteiger partial charge in [0.05, 0.1) is 17.1 Å². The lowest BCUT2D eigenvalue weighted by Crippen LogP contribution is -2.14. The summed E-state index contributed by atoms with van der Waals surface area (Å²) >= 11 is 0. The van der Waals surface area contributed by atoms with E-state index >= 15 is 0 Å². The van der Waals surface area contributed by atoms with E-state index in [1.807, 2.05) is 19.1 Å². The molecule has 0 radical (unpaired) electrons. The van der Waals surface area contributed by atoms with Gasteiger partial charge in [-0.25, -0.2) is 18.4 Å². The van der Waals surface area contributed by atoms with Gasteiger partial charge in [-0.15, -0.1) is 0 Å². The summed E-state index contributed by atoms with van der Waals surface area (Å²) in [4.78, 5) is 11.8. The second kappa shape index (κ2) is 9.21. The van der Waals surface area contributed by atoms with Gasteiger partial charge in [0.1, 0.15) is 24.7 Å². The smallest absolute Gasteiger partial charge is 0.338 e. The van der Waals surface area contributed by atoms with E-state index < -0.39 is 16.0 Å². The van der Waals surface area contributed by atoms with Crippen molar-refractivity contribution in [1.82, 2.24) is 0 Å². The van der Waals surface area contributed by atoms with Crippen LogP contribution in [0.25, 0.3) is 0 Å². The van der Waals surface area contributed by atoms with E-state index in [9.17, 15) is 13.2 Å². The predicted molar refractivity (Wildman–Crippen MR) is 95.8 cm³/mol. The van der Waals surface area contributed by atoms with Crippen LogP contribution in [0.5, 0.6) is 11.5 Å². The van der Waals surface area contributed by atoms with E-state index in [2.05, 4.69) is 0 Å². The van der Waals surface area contributed by atoms with Gasteiger partial charge >= 0.3 is 5.97 Å². The topological polar surface area (TPSA) is 105 Å². The second-order valence-electron chi connectivity index (χ2n) is 5.37. The molecule has 0 bridgehead atoms. The largest absolute Gasteiger partial charge is 0.494 e. The number of benzene rings is 2. The summed E-state index contributed by atoms with van der Waals surface area (Å²) in [5.41, 5.74) is 0.231. The molecule has 7 nitrogen and oxygen atoms in total. The van der Waals surface area contributed by atoms with E-state index in [4.69, 9.17) is 19.3 Å². The quantitative estimate of drug-likeness (QED) is 0.530. The maximum Gasteiger partial charge on any atom is 0.338 e. The summed E-state index contributed by atoms with van der Waals surface area (Å²) in [6.45, 7) is 2.95. The zero-order valence-corrected chi connectivity index (χ0v) is 15.2. The van der Waals surface area contributed by atoms with E-state index in [0.717, 1.165) is 12.2 Å². The first-order valence-corrected chi connectivity index (χ1v) is 9.60. The molecule has 0 saturated heterocycles. The minimum atomic E-state index is -3.79. The molecule has 0 aliphatic rings. The van der Waals surface area contributed by atoms with Crippen molar-refractivity contribution < 1.29 is 27.4 Å². The van der Waals surface area contributed by atoms with Crippen LogP contribution >= 0.6 is 0 Å². The highest BCUT2D eigenvalue weighted by Crippen LogP contribution is 2.17. The number of ether oxygens (including phenoxy) is 3. The van der Waals surface area contributed by atoms with Crippen molar-refractivity contribution in [3.8, 4) is 11.5 Å². The van der Waals surface area contributed by atoms with Gasteiger partial charge < -0.3 is 14.2 Å². The van der Waals surface area contributed by atoms with Crippen LogP contribution in [0, 0.1) is 0 Å². The Morgan fingerprint density at radius 3 is 1.92 bits per heavy atom. The Morgan fingerprint density at radius 1 is 0.885 bits per heavy atom. The maximum absolute atomic E-state index is 11.9. The lowest BCUT2D eigenvalue weighted by atomic mass is 10.2. The molecule has 0 aliphatic carbocycles. The van der Waals surface area contributed by atoms with E-state index in [0.29, 0.717) is 12.4 Å². The molecule has 0 amide bonds. The van der Waals surface area contributed by atoms with Crippen LogP contribution in [0.3, 0.4) is 0 Å². The average molecular weight is 379 g/mol. The van der Waals surface area contributed by atoms with Crippen LogP contribution in [-0.2, 0) is 14.8 Å². The molecular weight excluding hydrogens is 358 g/mol. The third kappa shape index (κ3) is 6.05. The number of rotatable bonds is 9. The molecule has 140 valence electrons. The fourth-order valence-electron chi connectivity index (χ4n) is 2.01. The lowest BCUT2D eigenvalue weighted by molar-refractivity contribution is 0.0450. The van der Waals surface area contributed by atoms with Gasteiger partial charge in [-0.05, 0) is 55.0 Å². The molecule has 0 fully saturated rings. The van der Waals surface area contributed by atoms with Gasteiger partial charge in [-0.2, -0.15) is 0 Å². The summed E-state index contributed by atoms with van der Waals surface area (Å²) < 4.78 is 38.4. The van der Waals surface area contributed by atoms with Crippen molar-refractivity contribution in [1.29, 1.82) is 0 Å². The number of esters is 1. The van der Waals surface area contributed by atoms with E-state index in [1.54, 1.807) is 12.1 Å². The molecule has 0 atom stereocenters. The maximum atomic E-state index is 11.9. The van der Waals surface area contributed by atoms with E-state index in [-0.39, 0.29) is 23.7 Å². The zero-order valence-electron chi connectivity index (χ0n) is 14.4. The molecule has 0 aliphatic heterocycles. The number of sulfonamides is 1. The Kier molecular flexibility index (Phi) is 6.99. The average Bonchev–Trinajstić information content (AvgIpc) is 2.63. The van der Waals surface area contributed by atoms with Crippen LogP contribution < -0.4 is 14.6 Å². The van der Waals surface area contributed by atoms with Gasteiger partial charge in [0.2, 0.25) is 10.0 Å². The zero-order chi connectivity index (χ0) is 19.0. The number of hydrogen-bond donors (Lipinski definition) is 1. The van der Waals surface area contributed by atoms with Crippen molar-refractivity contribution in [3.63, 3.8) is 0 Å². The summed E-state index contributed by atoms with van der Waals surface area (Å²) in [5, 5.41) is 5.00. The minimum Gasteiger partial charge on any atom is -0.494 e. The SMILES string of the molecule is CCCOc1ccc(OCCOC(=O)c2ccc(S(N)(=O)=O)cc2)cc1. The van der Waals surface area contributed by atoms with Gasteiger partial charge in [0.25, 0.3) is 0 Å². The molecule has 0 saturated carbocycles. The predicted octanol–water partition coefficient (Wildman–Crippen LogP) is 2.36. The Hall–Kier alpha value is -2.58. The molecule has 0 spiro atoms. The third-order valence-electron chi connectivity index (χ3n) is 3.30. The highest BCUT2D eigenvalue weighted by Gasteiger charge is 2.11. The van der Waals surface area contributed by atoms with Crippen LogP contribution in [0.2, 0.25) is 0 Å². The summed E-state index contributed by atoms with van der Waals surface area (Å²) in [6, 6.07) is 12.4. The van der Waals surface area contributed by atoms with Crippen LogP contribution in [0.1, 0.15) is 23.7 Å². The Labute approximate surface area is 152 Å². The van der Waals surface area contributed by atoms with Crippen molar-refractivity contribution in [2.75, 3.05) is 19.8 Å². The van der Waals surface area contributed by atoms with Crippen LogP contribution in [-0.4, -0.2) is 34.2 Å². The summed E-state index contributed by atoms with van der Waals surface area (Å²) in [5.74, 6) is 0.842. The van der Waals surface area contributed by atoms with Gasteiger partial charge in [-0.3, -0.25) is 0 Å². The normalized spacial score (nSPS) is 11.0. The first kappa shape index (κ1) is 19.7. The number of carbonyl (C=O) groups excluding carboxylic acids is 1. The molecule has 2 aromatic rings. The molecule has 0 heterocycles. The molecular formula is C18H21NO6S. The number of primary sulfonamides is 1. The number of nitrogens with two attached hydrogens (primary N) is 1. The van der Waals surface area contributed by atoms with Crippen molar-refractivity contribution in [2.45, 2.75) is 18.2 Å². The number of hydrogen-bond acceptors (Lipinski definition) is 6.